The molecule has 9 rings (SSSR count). The average molecular weight is 636 g/mol. The van der Waals surface area contributed by atoms with Crippen LogP contribution in [-0.4, -0.2) is 9.13 Å². The molecule has 0 unspecified atom stereocenters. The van der Waals surface area contributed by atoms with Crippen molar-refractivity contribution in [1.29, 1.82) is 15.8 Å². The molecule has 5 heteroatoms. The van der Waals surface area contributed by atoms with Crippen molar-refractivity contribution in [3.63, 3.8) is 0 Å². The van der Waals surface area contributed by atoms with Crippen molar-refractivity contribution in [1.82, 2.24) is 9.13 Å². The van der Waals surface area contributed by atoms with Gasteiger partial charge >= 0.3 is 0 Å². The van der Waals surface area contributed by atoms with Crippen LogP contribution in [0.2, 0.25) is 0 Å². The molecule has 0 fully saturated rings. The summed E-state index contributed by atoms with van der Waals surface area (Å²) in [6.45, 7) is 0. The number of rotatable bonds is 4. The molecule has 0 N–H and O–H groups in total. The van der Waals surface area contributed by atoms with Gasteiger partial charge in [0.25, 0.3) is 0 Å². The minimum absolute atomic E-state index is 0.522. The highest BCUT2D eigenvalue weighted by Crippen LogP contribution is 2.41. The lowest BCUT2D eigenvalue weighted by molar-refractivity contribution is 1.17. The predicted molar refractivity (Wildman–Crippen MR) is 200 cm³/mol. The Hall–Kier alpha value is -7.39. The van der Waals surface area contributed by atoms with E-state index < -0.39 is 0 Å². The van der Waals surface area contributed by atoms with Crippen LogP contribution in [0, 0.1) is 34.0 Å². The van der Waals surface area contributed by atoms with Gasteiger partial charge in [0.05, 0.1) is 50.5 Å². The normalized spacial score (nSPS) is 11.1. The molecular formula is C45H25N5. The van der Waals surface area contributed by atoms with Crippen molar-refractivity contribution in [3.05, 3.63) is 168 Å². The zero-order valence-corrected chi connectivity index (χ0v) is 26.7. The van der Waals surface area contributed by atoms with Crippen LogP contribution in [0.25, 0.3) is 77.2 Å². The Morgan fingerprint density at radius 3 is 1.64 bits per heavy atom. The second-order valence-electron chi connectivity index (χ2n) is 12.3. The van der Waals surface area contributed by atoms with Crippen molar-refractivity contribution < 1.29 is 0 Å². The van der Waals surface area contributed by atoms with E-state index in [1.54, 1.807) is 0 Å². The Morgan fingerprint density at radius 1 is 0.400 bits per heavy atom. The van der Waals surface area contributed by atoms with E-state index in [1.165, 1.54) is 0 Å². The zero-order chi connectivity index (χ0) is 33.8. The Kier molecular flexibility index (Phi) is 6.56. The number of nitrogens with zero attached hydrogens (tertiary/aromatic N) is 5. The average Bonchev–Trinajstić information content (AvgIpc) is 3.69. The summed E-state index contributed by atoms with van der Waals surface area (Å²) in [5.41, 5.74) is 10.5. The molecule has 0 amide bonds. The minimum Gasteiger partial charge on any atom is -0.309 e. The van der Waals surface area contributed by atoms with Crippen LogP contribution in [-0.2, 0) is 0 Å². The molecule has 0 aliphatic rings. The molecule has 50 heavy (non-hydrogen) atoms. The number of hydrogen-bond donors (Lipinski definition) is 0. The highest BCUT2D eigenvalue weighted by Gasteiger charge is 2.22. The smallest absolute Gasteiger partial charge is 0.101 e. The Bertz CT molecular complexity index is 2920. The van der Waals surface area contributed by atoms with Gasteiger partial charge in [-0.2, -0.15) is 15.8 Å². The van der Waals surface area contributed by atoms with Crippen LogP contribution in [0.1, 0.15) is 16.7 Å². The quantitative estimate of drug-likeness (QED) is 0.193. The molecule has 0 radical (unpaired) electrons. The van der Waals surface area contributed by atoms with Gasteiger partial charge in [0.2, 0.25) is 0 Å². The maximum atomic E-state index is 10.8. The third-order valence-electron chi connectivity index (χ3n) is 9.64. The van der Waals surface area contributed by atoms with E-state index in [2.05, 4.69) is 75.9 Å². The van der Waals surface area contributed by atoms with Gasteiger partial charge in [-0.25, -0.2) is 0 Å². The molecule has 2 aromatic heterocycles. The maximum Gasteiger partial charge on any atom is 0.101 e. The molecule has 230 valence electrons. The first kappa shape index (κ1) is 28.8. The largest absolute Gasteiger partial charge is 0.309 e. The van der Waals surface area contributed by atoms with Crippen molar-refractivity contribution in [2.45, 2.75) is 0 Å². The van der Waals surface area contributed by atoms with E-state index in [4.69, 9.17) is 0 Å². The first-order valence-corrected chi connectivity index (χ1v) is 16.3. The van der Waals surface area contributed by atoms with E-state index in [9.17, 15) is 15.8 Å². The van der Waals surface area contributed by atoms with Crippen LogP contribution >= 0.6 is 0 Å². The standard InChI is InChI=1S/C45H25N5/c46-26-29-22-23-38-37-15-1-4-19-41(37)49(44(38)24-29)32-12-7-10-30(25-32)33-16-9-17-34(40(33)28-48)39-18-8-11-31(27-47)45(39)50-42-20-5-2-13-35(42)36-14-3-6-21-43(36)50/h1-25H. The monoisotopic (exact) mass is 635 g/mol. The summed E-state index contributed by atoms with van der Waals surface area (Å²) >= 11 is 0. The third kappa shape index (κ3) is 4.24. The summed E-state index contributed by atoms with van der Waals surface area (Å²) in [5.74, 6) is 0. The molecule has 9 aromatic rings. The molecule has 0 atom stereocenters. The summed E-state index contributed by atoms with van der Waals surface area (Å²) in [6.07, 6.45) is 0. The van der Waals surface area contributed by atoms with Gasteiger partial charge in [0.1, 0.15) is 12.1 Å². The molecule has 0 saturated carbocycles. The molecule has 0 saturated heterocycles. The summed E-state index contributed by atoms with van der Waals surface area (Å²) in [6, 6.07) is 57.6. The highest BCUT2D eigenvalue weighted by molar-refractivity contribution is 6.11. The van der Waals surface area contributed by atoms with Crippen LogP contribution < -0.4 is 0 Å². The van der Waals surface area contributed by atoms with E-state index in [0.29, 0.717) is 16.7 Å². The highest BCUT2D eigenvalue weighted by atomic mass is 15.0. The Balaban J connectivity index is 1.28. The maximum absolute atomic E-state index is 10.8. The van der Waals surface area contributed by atoms with Crippen LogP contribution in [0.3, 0.4) is 0 Å². The summed E-state index contributed by atoms with van der Waals surface area (Å²) in [4.78, 5) is 0. The number of aromatic nitrogens is 2. The van der Waals surface area contributed by atoms with E-state index >= 15 is 0 Å². The fourth-order valence-electron chi connectivity index (χ4n) is 7.52. The molecule has 7 aromatic carbocycles. The Labute approximate surface area is 287 Å². The second-order valence-corrected chi connectivity index (χ2v) is 12.3. The number of fused-ring (bicyclic) bond motifs is 6. The van der Waals surface area contributed by atoms with Gasteiger partial charge in [0.15, 0.2) is 0 Å². The van der Waals surface area contributed by atoms with Crippen LogP contribution in [0.15, 0.2) is 152 Å². The lowest BCUT2D eigenvalue weighted by atomic mass is 9.90. The first-order chi connectivity index (χ1) is 24.7. The van der Waals surface area contributed by atoms with Crippen LogP contribution in [0.4, 0.5) is 0 Å². The van der Waals surface area contributed by atoms with Gasteiger partial charge in [-0.05, 0) is 54.1 Å². The number of nitriles is 3. The van der Waals surface area contributed by atoms with Gasteiger partial charge in [-0.15, -0.1) is 0 Å². The van der Waals surface area contributed by atoms with Gasteiger partial charge in [-0.1, -0.05) is 103 Å². The lowest BCUT2D eigenvalue weighted by Crippen LogP contribution is -2.02. The SMILES string of the molecule is N#Cc1ccc2c3ccccc3n(-c3cccc(-c4cccc(-c5cccc(C#N)c5-n5c6ccccc6c6ccccc65)c4C#N)c3)c2c1. The summed E-state index contributed by atoms with van der Waals surface area (Å²) in [7, 11) is 0. The molecule has 0 aliphatic carbocycles. The zero-order valence-electron chi connectivity index (χ0n) is 26.7. The van der Waals surface area contributed by atoms with Gasteiger partial charge < -0.3 is 9.13 Å². The fourth-order valence-corrected chi connectivity index (χ4v) is 7.52. The predicted octanol–water partition coefficient (Wildman–Crippen LogP) is 10.8. The van der Waals surface area contributed by atoms with Gasteiger partial charge in [0, 0.05) is 43.9 Å². The molecule has 5 nitrogen and oxygen atoms in total. The lowest BCUT2D eigenvalue weighted by Gasteiger charge is -2.18. The second kappa shape index (κ2) is 11.4. The number of para-hydroxylation sites is 4. The molecule has 0 bridgehead atoms. The van der Waals surface area contributed by atoms with E-state index in [-0.39, 0.29) is 0 Å². The summed E-state index contributed by atoms with van der Waals surface area (Å²) < 4.78 is 4.34. The molecule has 0 aliphatic heterocycles. The van der Waals surface area contributed by atoms with Crippen molar-refractivity contribution in [2.24, 2.45) is 0 Å². The Morgan fingerprint density at radius 2 is 0.980 bits per heavy atom. The van der Waals surface area contributed by atoms with Crippen molar-refractivity contribution in [2.75, 3.05) is 0 Å². The van der Waals surface area contributed by atoms with Crippen molar-refractivity contribution >= 4 is 43.6 Å². The number of hydrogen-bond acceptors (Lipinski definition) is 3. The van der Waals surface area contributed by atoms with Gasteiger partial charge in [-0.3, -0.25) is 0 Å². The molecular weight excluding hydrogens is 611 g/mol. The van der Waals surface area contributed by atoms with E-state index in [1.807, 2.05) is 103 Å². The van der Waals surface area contributed by atoms with Crippen molar-refractivity contribution in [3.8, 4) is 51.8 Å². The molecule has 0 spiro atoms. The minimum atomic E-state index is 0.522. The first-order valence-electron chi connectivity index (χ1n) is 16.3. The third-order valence-corrected chi connectivity index (χ3v) is 9.64. The fraction of sp³-hybridized carbons (Fsp3) is 0. The van der Waals surface area contributed by atoms with Crippen LogP contribution in [0.5, 0.6) is 0 Å². The topological polar surface area (TPSA) is 81.2 Å². The molecule has 2 heterocycles. The summed E-state index contributed by atoms with van der Waals surface area (Å²) in [5, 5.41) is 35.4. The number of benzene rings is 7. The van der Waals surface area contributed by atoms with E-state index in [0.717, 1.165) is 77.2 Å².